The highest BCUT2D eigenvalue weighted by Gasteiger charge is 2.28. The van der Waals surface area contributed by atoms with Gasteiger partial charge in [0.25, 0.3) is 5.91 Å². The first-order chi connectivity index (χ1) is 20.0. The molecule has 2 aromatic carbocycles. The molecule has 2 aliphatic heterocycles. The highest BCUT2D eigenvalue weighted by molar-refractivity contribution is 5.94. The number of nitrogens with zero attached hydrogens (tertiary/aromatic N) is 2. The van der Waals surface area contributed by atoms with Crippen LogP contribution in [0, 0.1) is 5.82 Å². The minimum absolute atomic E-state index is 0.0433. The summed E-state index contributed by atoms with van der Waals surface area (Å²) in [7, 11) is 0. The van der Waals surface area contributed by atoms with Crippen molar-refractivity contribution in [2.45, 2.75) is 108 Å². The van der Waals surface area contributed by atoms with Gasteiger partial charge < -0.3 is 19.3 Å². The Bertz CT molecular complexity index is 1230. The number of carbonyl (C=O) groups is 1. The second kappa shape index (κ2) is 12.9. The molecule has 0 unspecified atom stereocenters. The average Bonchev–Trinajstić information content (AvgIpc) is 3.51. The molecule has 2 aliphatic carbocycles. The maximum Gasteiger partial charge on any atom is 0.253 e. The minimum atomic E-state index is -0.294. The van der Waals surface area contributed by atoms with E-state index in [0.29, 0.717) is 30.9 Å². The number of likely N-dealkylation sites (tertiary alicyclic amines) is 1. The summed E-state index contributed by atoms with van der Waals surface area (Å²) in [6.07, 6.45) is 15.8. The number of halogens is 1. The minimum Gasteiger partial charge on any atom is -0.490 e. The van der Waals surface area contributed by atoms with Crippen LogP contribution in [-0.2, 0) is 0 Å². The smallest absolute Gasteiger partial charge is 0.253 e. The number of carbonyl (C=O) groups excluding carboxylic acids is 1. The predicted molar refractivity (Wildman–Crippen MR) is 161 cm³/mol. The van der Waals surface area contributed by atoms with Crippen molar-refractivity contribution in [3.63, 3.8) is 0 Å². The van der Waals surface area contributed by atoms with Crippen LogP contribution in [0.3, 0.4) is 0 Å². The zero-order valence-electron chi connectivity index (χ0n) is 24.4. The van der Waals surface area contributed by atoms with Gasteiger partial charge in [0.2, 0.25) is 0 Å². The Morgan fingerprint density at radius 3 is 2.27 bits per heavy atom. The zero-order valence-corrected chi connectivity index (χ0v) is 24.4. The molecule has 0 aromatic heterocycles. The Labute approximate surface area is 244 Å². The van der Waals surface area contributed by atoms with Crippen molar-refractivity contribution in [1.82, 2.24) is 4.90 Å². The topological polar surface area (TPSA) is 42.0 Å². The molecule has 220 valence electrons. The van der Waals surface area contributed by atoms with Crippen LogP contribution in [0.5, 0.6) is 11.5 Å². The van der Waals surface area contributed by atoms with E-state index >= 15 is 0 Å². The lowest BCUT2D eigenvalue weighted by molar-refractivity contribution is 0.0595. The van der Waals surface area contributed by atoms with Gasteiger partial charge in [-0.05, 0) is 93.5 Å². The second-order valence-corrected chi connectivity index (χ2v) is 12.5. The van der Waals surface area contributed by atoms with E-state index in [1.165, 1.54) is 56.6 Å². The van der Waals surface area contributed by atoms with E-state index < -0.39 is 0 Å². The molecule has 4 aliphatic rings. The molecule has 41 heavy (non-hydrogen) atoms. The maximum absolute atomic E-state index is 14.5. The molecule has 0 spiro atoms. The van der Waals surface area contributed by atoms with Gasteiger partial charge in [0.15, 0.2) is 0 Å². The lowest BCUT2D eigenvalue weighted by Crippen LogP contribution is -2.41. The zero-order chi connectivity index (χ0) is 28.2. The lowest BCUT2D eigenvalue weighted by atomic mass is 9.83. The molecule has 2 aromatic rings. The van der Waals surface area contributed by atoms with Gasteiger partial charge in [-0.3, -0.25) is 4.79 Å². The SMILES string of the molecule is C=C1CCCCN1c1cc(F)cc(OC2CCN(C(=O)c3ccc(OC4CCCC4)c(C4CCCCC4)c3)CC2)c1. The van der Waals surface area contributed by atoms with E-state index in [2.05, 4.69) is 23.6 Å². The van der Waals surface area contributed by atoms with Crippen LogP contribution in [0.4, 0.5) is 10.1 Å². The highest BCUT2D eigenvalue weighted by atomic mass is 19.1. The quantitative estimate of drug-likeness (QED) is 0.341. The van der Waals surface area contributed by atoms with Crippen LogP contribution in [0.25, 0.3) is 0 Å². The Balaban J connectivity index is 1.10. The third-order valence-corrected chi connectivity index (χ3v) is 9.58. The number of hydrogen-bond donors (Lipinski definition) is 0. The largest absolute Gasteiger partial charge is 0.490 e. The molecule has 2 saturated heterocycles. The van der Waals surface area contributed by atoms with Crippen molar-refractivity contribution in [2.24, 2.45) is 0 Å². The molecule has 6 heteroatoms. The molecule has 1 amide bonds. The van der Waals surface area contributed by atoms with Gasteiger partial charge in [-0.15, -0.1) is 0 Å². The lowest BCUT2D eigenvalue weighted by Gasteiger charge is -2.33. The molecule has 0 bridgehead atoms. The summed E-state index contributed by atoms with van der Waals surface area (Å²) >= 11 is 0. The summed E-state index contributed by atoms with van der Waals surface area (Å²) in [4.78, 5) is 17.7. The van der Waals surface area contributed by atoms with Gasteiger partial charge in [-0.25, -0.2) is 4.39 Å². The normalized spacial score (nSPS) is 21.3. The third kappa shape index (κ3) is 6.73. The van der Waals surface area contributed by atoms with Crippen molar-refractivity contribution in [3.8, 4) is 11.5 Å². The Morgan fingerprint density at radius 1 is 0.780 bits per heavy atom. The summed E-state index contributed by atoms with van der Waals surface area (Å²) in [5.74, 6) is 1.82. The van der Waals surface area contributed by atoms with Gasteiger partial charge in [-0.1, -0.05) is 25.8 Å². The molecule has 0 atom stereocenters. The van der Waals surface area contributed by atoms with Crippen LogP contribution >= 0.6 is 0 Å². The highest BCUT2D eigenvalue weighted by Crippen LogP contribution is 2.40. The van der Waals surface area contributed by atoms with Gasteiger partial charge in [0, 0.05) is 61.6 Å². The number of hydrogen-bond acceptors (Lipinski definition) is 4. The fraction of sp³-hybridized carbons (Fsp3) is 0.571. The third-order valence-electron chi connectivity index (χ3n) is 9.58. The number of rotatable bonds is 7. The number of benzene rings is 2. The van der Waals surface area contributed by atoms with E-state index in [1.807, 2.05) is 17.0 Å². The van der Waals surface area contributed by atoms with Gasteiger partial charge in [0.1, 0.15) is 23.4 Å². The van der Waals surface area contributed by atoms with Gasteiger partial charge in [-0.2, -0.15) is 0 Å². The van der Waals surface area contributed by atoms with E-state index in [4.69, 9.17) is 9.47 Å². The summed E-state index contributed by atoms with van der Waals surface area (Å²) in [6.45, 7) is 6.30. The molecule has 4 fully saturated rings. The first-order valence-corrected chi connectivity index (χ1v) is 16.1. The van der Waals surface area contributed by atoms with E-state index in [1.54, 1.807) is 6.07 Å². The fourth-order valence-corrected chi connectivity index (χ4v) is 7.23. The fourth-order valence-electron chi connectivity index (χ4n) is 7.23. The van der Waals surface area contributed by atoms with Crippen LogP contribution in [0.2, 0.25) is 0 Å². The molecule has 5 nitrogen and oxygen atoms in total. The van der Waals surface area contributed by atoms with Crippen molar-refractivity contribution in [3.05, 3.63) is 65.6 Å². The molecule has 0 radical (unpaired) electrons. The standard InChI is InChI=1S/C35H45FN2O3/c1-25-9-7-8-18-38(25)29-22-28(36)23-32(24-29)40-31-16-19-37(20-17-31)35(39)27-14-15-34(41-30-12-5-6-13-30)33(21-27)26-10-3-2-4-11-26/h14-15,21-24,26,30-31H,1-13,16-20H2. The van der Waals surface area contributed by atoms with Crippen molar-refractivity contribution in [1.29, 1.82) is 0 Å². The summed E-state index contributed by atoms with van der Waals surface area (Å²) < 4.78 is 27.3. The van der Waals surface area contributed by atoms with E-state index in [0.717, 1.165) is 74.2 Å². The number of amides is 1. The molecule has 6 rings (SSSR count). The van der Waals surface area contributed by atoms with Crippen molar-refractivity contribution < 1.29 is 18.7 Å². The summed E-state index contributed by atoms with van der Waals surface area (Å²) in [6, 6.07) is 11.1. The van der Waals surface area contributed by atoms with Crippen molar-refractivity contribution in [2.75, 3.05) is 24.5 Å². The number of piperidine rings is 2. The van der Waals surface area contributed by atoms with Gasteiger partial charge in [0.05, 0.1) is 6.10 Å². The Kier molecular flexibility index (Phi) is 8.83. The summed E-state index contributed by atoms with van der Waals surface area (Å²) in [5, 5.41) is 0. The van der Waals surface area contributed by atoms with E-state index in [-0.39, 0.29) is 17.8 Å². The van der Waals surface area contributed by atoms with E-state index in [9.17, 15) is 9.18 Å². The molecule has 2 heterocycles. The first-order valence-electron chi connectivity index (χ1n) is 16.1. The maximum atomic E-state index is 14.5. The van der Waals surface area contributed by atoms with Crippen LogP contribution in [0.1, 0.15) is 112 Å². The monoisotopic (exact) mass is 560 g/mol. The Hall–Kier alpha value is -3.02. The van der Waals surface area contributed by atoms with Crippen LogP contribution in [0.15, 0.2) is 48.7 Å². The molecule has 2 saturated carbocycles. The summed E-state index contributed by atoms with van der Waals surface area (Å²) in [5.41, 5.74) is 3.84. The second-order valence-electron chi connectivity index (χ2n) is 12.5. The number of ether oxygens (including phenoxy) is 2. The average molecular weight is 561 g/mol. The van der Waals surface area contributed by atoms with Crippen molar-refractivity contribution >= 4 is 11.6 Å². The molecular weight excluding hydrogens is 515 g/mol. The first kappa shape index (κ1) is 28.1. The number of allylic oxidation sites excluding steroid dienone is 1. The predicted octanol–water partition coefficient (Wildman–Crippen LogP) is 8.38. The Morgan fingerprint density at radius 2 is 1.51 bits per heavy atom. The molecular formula is C35H45FN2O3. The van der Waals surface area contributed by atoms with Crippen LogP contribution < -0.4 is 14.4 Å². The number of anilines is 1. The van der Waals surface area contributed by atoms with Gasteiger partial charge >= 0.3 is 0 Å². The van der Waals surface area contributed by atoms with Crippen LogP contribution in [-0.4, -0.2) is 42.6 Å². The molecule has 0 N–H and O–H groups in total.